The van der Waals surface area contributed by atoms with E-state index in [1.165, 1.54) is 4.31 Å². The van der Waals surface area contributed by atoms with Gasteiger partial charge < -0.3 is 5.73 Å². The lowest BCUT2D eigenvalue weighted by Gasteiger charge is -2.23. The lowest BCUT2D eigenvalue weighted by Crippen LogP contribution is -2.33. The summed E-state index contributed by atoms with van der Waals surface area (Å²) in [5, 5.41) is 0. The van der Waals surface area contributed by atoms with Gasteiger partial charge in [0.05, 0.1) is 11.4 Å². The summed E-state index contributed by atoms with van der Waals surface area (Å²) in [6.07, 6.45) is 2.07. The number of nitrogen functional groups attached to an aromatic ring is 1. The van der Waals surface area contributed by atoms with Crippen LogP contribution in [0.5, 0.6) is 0 Å². The summed E-state index contributed by atoms with van der Waals surface area (Å²) < 4.78 is 25.9. The van der Waals surface area contributed by atoms with Crippen LogP contribution in [0.3, 0.4) is 0 Å². The molecule has 94 valence electrons. The summed E-state index contributed by atoms with van der Waals surface area (Å²) in [6.45, 7) is 2.28. The molecule has 0 saturated heterocycles. The molecule has 0 bridgehead atoms. The van der Waals surface area contributed by atoms with Gasteiger partial charge in [0.25, 0.3) is 0 Å². The van der Waals surface area contributed by atoms with Gasteiger partial charge in [-0.05, 0) is 43.9 Å². The summed E-state index contributed by atoms with van der Waals surface area (Å²) >= 11 is 0. The van der Waals surface area contributed by atoms with Gasteiger partial charge in [-0.2, -0.15) is 0 Å². The first-order chi connectivity index (χ1) is 8.03. The molecule has 0 amide bonds. The van der Waals surface area contributed by atoms with Crippen molar-refractivity contribution in [3.63, 3.8) is 0 Å². The van der Waals surface area contributed by atoms with Crippen molar-refractivity contribution in [2.24, 2.45) is 5.92 Å². The molecule has 0 spiro atoms. The summed E-state index contributed by atoms with van der Waals surface area (Å²) in [6, 6.07) is 7.02. The van der Waals surface area contributed by atoms with Crippen molar-refractivity contribution in [1.29, 1.82) is 0 Å². The highest BCUT2D eigenvalue weighted by molar-refractivity contribution is 7.92. The molecule has 0 aliphatic heterocycles. The molecule has 0 heterocycles. The standard InChI is InChI=1S/C12H18N2O2S/c1-2-14(12-5-3-4-11(13)8-12)17(15,16)9-10-6-7-10/h3-5,8,10H,2,6-7,9,13H2,1H3. The molecule has 1 aromatic rings. The van der Waals surface area contributed by atoms with Crippen LogP contribution in [0.1, 0.15) is 19.8 Å². The second kappa shape index (κ2) is 4.56. The van der Waals surface area contributed by atoms with Gasteiger partial charge >= 0.3 is 0 Å². The first-order valence-corrected chi connectivity index (χ1v) is 7.50. The molecule has 2 N–H and O–H groups in total. The molecule has 5 heteroatoms. The largest absolute Gasteiger partial charge is 0.399 e. The molecule has 2 rings (SSSR count). The quantitative estimate of drug-likeness (QED) is 0.815. The van der Waals surface area contributed by atoms with Gasteiger partial charge in [-0.1, -0.05) is 6.07 Å². The normalized spacial score (nSPS) is 15.8. The highest BCUT2D eigenvalue weighted by Crippen LogP contribution is 2.32. The fourth-order valence-corrected chi connectivity index (χ4v) is 3.83. The molecule has 0 radical (unpaired) electrons. The van der Waals surface area contributed by atoms with E-state index >= 15 is 0 Å². The van der Waals surface area contributed by atoms with Crippen molar-refractivity contribution in [3.8, 4) is 0 Å². The zero-order valence-electron chi connectivity index (χ0n) is 9.96. The Balaban J connectivity index is 2.25. The smallest absolute Gasteiger partial charge is 0.235 e. The highest BCUT2D eigenvalue weighted by Gasteiger charge is 2.31. The van der Waals surface area contributed by atoms with Crippen LogP contribution in [0.15, 0.2) is 24.3 Å². The van der Waals surface area contributed by atoms with Gasteiger partial charge in [0, 0.05) is 12.2 Å². The van der Waals surface area contributed by atoms with Crippen LogP contribution in [0.4, 0.5) is 11.4 Å². The molecule has 1 saturated carbocycles. The van der Waals surface area contributed by atoms with Gasteiger partial charge in [0.1, 0.15) is 0 Å². The van der Waals surface area contributed by atoms with E-state index in [1.54, 1.807) is 24.3 Å². The predicted molar refractivity (Wildman–Crippen MR) is 70.4 cm³/mol. The Labute approximate surface area is 102 Å². The number of rotatable bonds is 5. The van der Waals surface area contributed by atoms with E-state index in [1.807, 2.05) is 6.92 Å². The van der Waals surface area contributed by atoms with E-state index in [2.05, 4.69) is 0 Å². The molecule has 0 unspecified atom stereocenters. The summed E-state index contributed by atoms with van der Waals surface area (Å²) in [7, 11) is -3.20. The fraction of sp³-hybridized carbons (Fsp3) is 0.500. The van der Waals surface area contributed by atoms with Crippen molar-refractivity contribution < 1.29 is 8.42 Å². The number of nitrogens with two attached hydrogens (primary N) is 1. The molecule has 0 aromatic heterocycles. The van der Waals surface area contributed by atoms with Crippen LogP contribution in [0.25, 0.3) is 0 Å². The minimum atomic E-state index is -3.20. The number of hydrogen-bond acceptors (Lipinski definition) is 3. The zero-order valence-corrected chi connectivity index (χ0v) is 10.8. The summed E-state index contributed by atoms with van der Waals surface area (Å²) in [5.41, 5.74) is 6.93. The van der Waals surface area contributed by atoms with Crippen molar-refractivity contribution in [1.82, 2.24) is 0 Å². The topological polar surface area (TPSA) is 63.4 Å². The fourth-order valence-electron chi connectivity index (χ4n) is 1.89. The molecule has 0 atom stereocenters. The third kappa shape index (κ3) is 2.91. The first kappa shape index (κ1) is 12.2. The van der Waals surface area contributed by atoms with Crippen LogP contribution < -0.4 is 10.0 Å². The van der Waals surface area contributed by atoms with E-state index in [4.69, 9.17) is 5.73 Å². The van der Waals surface area contributed by atoms with Gasteiger partial charge in [-0.3, -0.25) is 4.31 Å². The number of hydrogen-bond donors (Lipinski definition) is 1. The third-order valence-corrected chi connectivity index (χ3v) is 4.96. The molecular formula is C12H18N2O2S. The van der Waals surface area contributed by atoms with Crippen LogP contribution in [0.2, 0.25) is 0 Å². The Hall–Kier alpha value is -1.23. The molecule has 1 aromatic carbocycles. The number of nitrogens with zero attached hydrogens (tertiary/aromatic N) is 1. The lowest BCUT2D eigenvalue weighted by atomic mass is 10.3. The van der Waals surface area contributed by atoms with E-state index in [-0.39, 0.29) is 5.75 Å². The first-order valence-electron chi connectivity index (χ1n) is 5.89. The zero-order chi connectivity index (χ0) is 12.5. The molecule has 1 aliphatic rings. The maximum atomic E-state index is 12.2. The Kier molecular flexibility index (Phi) is 3.28. The third-order valence-electron chi connectivity index (χ3n) is 2.92. The van der Waals surface area contributed by atoms with Crippen LogP contribution in [-0.4, -0.2) is 20.7 Å². The Morgan fingerprint density at radius 3 is 2.65 bits per heavy atom. The second-order valence-electron chi connectivity index (χ2n) is 4.48. The molecule has 1 fully saturated rings. The van der Waals surface area contributed by atoms with Crippen molar-refractivity contribution >= 4 is 21.4 Å². The van der Waals surface area contributed by atoms with Crippen LogP contribution >= 0.6 is 0 Å². The van der Waals surface area contributed by atoms with Crippen molar-refractivity contribution in [2.75, 3.05) is 22.3 Å². The van der Waals surface area contributed by atoms with Crippen LogP contribution in [-0.2, 0) is 10.0 Å². The molecule has 1 aliphatic carbocycles. The predicted octanol–water partition coefficient (Wildman–Crippen LogP) is 1.83. The molecule has 4 nitrogen and oxygen atoms in total. The number of sulfonamides is 1. The van der Waals surface area contributed by atoms with E-state index in [9.17, 15) is 8.42 Å². The molecular weight excluding hydrogens is 236 g/mol. The average Bonchev–Trinajstić information content (AvgIpc) is 3.01. The molecule has 17 heavy (non-hydrogen) atoms. The SMILES string of the molecule is CCN(c1cccc(N)c1)S(=O)(=O)CC1CC1. The minimum absolute atomic E-state index is 0.260. The monoisotopic (exact) mass is 254 g/mol. The number of benzene rings is 1. The minimum Gasteiger partial charge on any atom is -0.399 e. The van der Waals surface area contributed by atoms with E-state index in [0.717, 1.165) is 12.8 Å². The van der Waals surface area contributed by atoms with Crippen molar-refractivity contribution in [3.05, 3.63) is 24.3 Å². The average molecular weight is 254 g/mol. The van der Waals surface area contributed by atoms with Gasteiger partial charge in [0.2, 0.25) is 10.0 Å². The number of anilines is 2. The maximum absolute atomic E-state index is 12.2. The summed E-state index contributed by atoms with van der Waals surface area (Å²) in [4.78, 5) is 0. The Bertz CT molecular complexity index is 495. The summed E-state index contributed by atoms with van der Waals surface area (Å²) in [5.74, 6) is 0.616. The second-order valence-corrected chi connectivity index (χ2v) is 6.42. The van der Waals surface area contributed by atoms with Gasteiger partial charge in [-0.15, -0.1) is 0 Å². The highest BCUT2D eigenvalue weighted by atomic mass is 32.2. The van der Waals surface area contributed by atoms with E-state index < -0.39 is 10.0 Å². The lowest BCUT2D eigenvalue weighted by molar-refractivity contribution is 0.588. The van der Waals surface area contributed by atoms with Gasteiger partial charge in [0.15, 0.2) is 0 Å². The maximum Gasteiger partial charge on any atom is 0.235 e. The van der Waals surface area contributed by atoms with Crippen LogP contribution in [0, 0.1) is 5.92 Å². The van der Waals surface area contributed by atoms with E-state index in [0.29, 0.717) is 23.8 Å². The van der Waals surface area contributed by atoms with Gasteiger partial charge in [-0.25, -0.2) is 8.42 Å². The van der Waals surface area contributed by atoms with Crippen molar-refractivity contribution in [2.45, 2.75) is 19.8 Å². The Morgan fingerprint density at radius 1 is 1.41 bits per heavy atom. The Morgan fingerprint density at radius 2 is 2.12 bits per heavy atom.